The molecule has 2 atom stereocenters. The lowest BCUT2D eigenvalue weighted by Crippen LogP contribution is -2.32. The first kappa shape index (κ1) is 14.1. The van der Waals surface area contributed by atoms with Crippen molar-refractivity contribution in [3.8, 4) is 5.75 Å². The van der Waals surface area contributed by atoms with Crippen LogP contribution in [-0.2, 0) is 16.4 Å². The zero-order valence-corrected chi connectivity index (χ0v) is 12.7. The highest BCUT2D eigenvalue weighted by molar-refractivity contribution is 7.89. The molecule has 0 spiro atoms. The third-order valence-corrected chi connectivity index (χ3v) is 5.87. The fourth-order valence-corrected chi connectivity index (χ4v) is 4.67. The van der Waals surface area contributed by atoms with Crippen LogP contribution in [-0.4, -0.2) is 38.0 Å². The zero-order valence-electron chi connectivity index (χ0n) is 11.2. The van der Waals surface area contributed by atoms with Crippen molar-refractivity contribution in [3.63, 3.8) is 0 Å². The Morgan fingerprint density at radius 1 is 1.45 bits per heavy atom. The molecular weight excluding hydrogens is 300 g/mol. The molecule has 1 saturated heterocycles. The molecule has 0 aliphatic carbocycles. The average Bonchev–Trinajstić information content (AvgIpc) is 2.95. The maximum atomic E-state index is 12.6. The van der Waals surface area contributed by atoms with Crippen LogP contribution in [0.2, 0.25) is 5.02 Å². The first-order valence-electron chi connectivity index (χ1n) is 6.62. The quantitative estimate of drug-likeness (QED) is 0.895. The highest BCUT2D eigenvalue weighted by atomic mass is 35.5. The molecule has 5 nitrogen and oxygen atoms in total. The van der Waals surface area contributed by atoms with E-state index < -0.39 is 10.0 Å². The molecule has 0 bridgehead atoms. The molecule has 3 rings (SSSR count). The van der Waals surface area contributed by atoms with Gasteiger partial charge in [0.15, 0.2) is 0 Å². The maximum Gasteiger partial charge on any atom is 0.243 e. The van der Waals surface area contributed by atoms with Gasteiger partial charge in [-0.3, -0.25) is 0 Å². The molecule has 0 radical (unpaired) electrons. The Bertz CT molecular complexity index is 647. The van der Waals surface area contributed by atoms with E-state index in [-0.39, 0.29) is 17.0 Å². The first-order valence-corrected chi connectivity index (χ1v) is 8.44. The molecular formula is C13H17ClN2O3S. The monoisotopic (exact) mass is 316 g/mol. The first-order chi connectivity index (χ1) is 9.38. The minimum atomic E-state index is -3.52. The molecule has 0 saturated carbocycles. The van der Waals surface area contributed by atoms with Crippen molar-refractivity contribution in [1.82, 2.24) is 4.31 Å². The van der Waals surface area contributed by atoms with Crippen LogP contribution in [0.25, 0.3) is 0 Å². The summed E-state index contributed by atoms with van der Waals surface area (Å²) in [5.41, 5.74) is 6.64. The topological polar surface area (TPSA) is 72.6 Å². The van der Waals surface area contributed by atoms with Crippen molar-refractivity contribution in [2.45, 2.75) is 36.8 Å². The molecule has 20 heavy (non-hydrogen) atoms. The Kier molecular flexibility index (Phi) is 3.44. The number of hydrogen-bond donors (Lipinski definition) is 1. The van der Waals surface area contributed by atoms with Gasteiger partial charge in [-0.25, -0.2) is 8.42 Å². The van der Waals surface area contributed by atoms with Gasteiger partial charge in [-0.1, -0.05) is 11.6 Å². The summed E-state index contributed by atoms with van der Waals surface area (Å²) < 4.78 is 32.2. The average molecular weight is 317 g/mol. The van der Waals surface area contributed by atoms with E-state index in [1.807, 2.05) is 6.92 Å². The molecule has 0 aromatic heterocycles. The van der Waals surface area contributed by atoms with Crippen LogP contribution < -0.4 is 10.5 Å². The Labute approximate surface area is 123 Å². The predicted octanol–water partition coefficient (Wildman–Crippen LogP) is 1.39. The molecule has 1 aromatic rings. The van der Waals surface area contributed by atoms with Gasteiger partial charge in [0.1, 0.15) is 11.9 Å². The van der Waals surface area contributed by atoms with E-state index in [0.717, 1.165) is 5.56 Å². The molecule has 7 heteroatoms. The van der Waals surface area contributed by atoms with Gasteiger partial charge in [-0.2, -0.15) is 4.31 Å². The molecule has 2 heterocycles. The molecule has 1 aromatic carbocycles. The second-order valence-electron chi connectivity index (χ2n) is 5.44. The van der Waals surface area contributed by atoms with Gasteiger partial charge in [0.05, 0.1) is 9.92 Å². The van der Waals surface area contributed by atoms with E-state index in [2.05, 4.69) is 0 Å². The summed E-state index contributed by atoms with van der Waals surface area (Å²) in [5.74, 6) is 0.608. The lowest BCUT2D eigenvalue weighted by Gasteiger charge is -2.17. The molecule has 2 aliphatic rings. The Hall–Kier alpha value is -0.820. The van der Waals surface area contributed by atoms with E-state index in [9.17, 15) is 8.42 Å². The van der Waals surface area contributed by atoms with E-state index >= 15 is 0 Å². The smallest absolute Gasteiger partial charge is 0.243 e. The molecule has 2 N–H and O–H groups in total. The Morgan fingerprint density at radius 3 is 2.85 bits per heavy atom. The van der Waals surface area contributed by atoms with Crippen molar-refractivity contribution in [2.75, 3.05) is 13.1 Å². The van der Waals surface area contributed by atoms with E-state index in [1.165, 1.54) is 10.4 Å². The molecule has 0 unspecified atom stereocenters. The van der Waals surface area contributed by atoms with Gasteiger partial charge >= 0.3 is 0 Å². The van der Waals surface area contributed by atoms with Crippen molar-refractivity contribution in [2.24, 2.45) is 5.73 Å². The minimum absolute atomic E-state index is 0.0284. The Balaban J connectivity index is 1.99. The van der Waals surface area contributed by atoms with Crippen LogP contribution in [0, 0.1) is 0 Å². The normalized spacial score (nSPS) is 26.6. The summed E-state index contributed by atoms with van der Waals surface area (Å²) in [6.45, 7) is 2.76. The number of benzene rings is 1. The van der Waals surface area contributed by atoms with Crippen molar-refractivity contribution in [3.05, 3.63) is 22.7 Å². The lowest BCUT2D eigenvalue weighted by atomic mass is 10.1. The number of ether oxygens (including phenoxy) is 1. The summed E-state index contributed by atoms with van der Waals surface area (Å²) >= 11 is 6.15. The number of sulfonamides is 1. The van der Waals surface area contributed by atoms with Crippen molar-refractivity contribution in [1.29, 1.82) is 0 Å². The highest BCUT2D eigenvalue weighted by Gasteiger charge is 2.33. The fraction of sp³-hybridized carbons (Fsp3) is 0.538. The number of halogens is 1. The second-order valence-corrected chi connectivity index (χ2v) is 7.78. The summed E-state index contributed by atoms with van der Waals surface area (Å²) in [4.78, 5) is 0.230. The van der Waals surface area contributed by atoms with Gasteiger partial charge in [0.25, 0.3) is 0 Å². The SMILES string of the molecule is C[C@H]1Cc2cc(S(=O)(=O)N3CC[C@@H](N)C3)cc(Cl)c2O1. The molecule has 110 valence electrons. The minimum Gasteiger partial charge on any atom is -0.489 e. The van der Waals surface area contributed by atoms with Gasteiger partial charge in [-0.05, 0) is 25.5 Å². The van der Waals surface area contributed by atoms with Crippen molar-refractivity contribution < 1.29 is 13.2 Å². The van der Waals surface area contributed by atoms with Crippen LogP contribution in [0.1, 0.15) is 18.9 Å². The van der Waals surface area contributed by atoms with Crippen LogP contribution in [0.3, 0.4) is 0 Å². The number of hydrogen-bond acceptors (Lipinski definition) is 4. The molecule has 2 aliphatic heterocycles. The van der Waals surface area contributed by atoms with E-state index in [1.54, 1.807) is 6.07 Å². The zero-order chi connectivity index (χ0) is 14.5. The van der Waals surface area contributed by atoms with Gasteiger partial charge in [0.2, 0.25) is 10.0 Å². The number of rotatable bonds is 2. The van der Waals surface area contributed by atoms with Crippen LogP contribution in [0.4, 0.5) is 0 Å². The molecule has 1 fully saturated rings. The third-order valence-electron chi connectivity index (χ3n) is 3.75. The number of nitrogens with two attached hydrogens (primary N) is 1. The summed E-state index contributed by atoms with van der Waals surface area (Å²) in [6.07, 6.45) is 1.40. The predicted molar refractivity (Wildman–Crippen MR) is 76.6 cm³/mol. The van der Waals surface area contributed by atoms with Crippen LogP contribution in [0.5, 0.6) is 5.75 Å². The highest BCUT2D eigenvalue weighted by Crippen LogP contribution is 2.38. The standard InChI is InChI=1S/C13H17ClN2O3S/c1-8-4-9-5-11(6-12(14)13(9)19-8)20(17,18)16-3-2-10(15)7-16/h5-6,8,10H,2-4,7,15H2,1H3/t8-,10+/m0/s1. The van der Waals surface area contributed by atoms with E-state index in [0.29, 0.717) is 36.7 Å². The third kappa shape index (κ3) is 2.30. The molecule has 0 amide bonds. The fourth-order valence-electron chi connectivity index (χ4n) is 2.73. The van der Waals surface area contributed by atoms with Crippen molar-refractivity contribution >= 4 is 21.6 Å². The number of nitrogens with zero attached hydrogens (tertiary/aromatic N) is 1. The second kappa shape index (κ2) is 4.87. The van der Waals surface area contributed by atoms with Gasteiger partial charge < -0.3 is 10.5 Å². The van der Waals surface area contributed by atoms with Crippen LogP contribution in [0.15, 0.2) is 17.0 Å². The van der Waals surface area contributed by atoms with Gasteiger partial charge in [0, 0.05) is 31.1 Å². The summed E-state index contributed by atoms with van der Waals surface area (Å²) in [6, 6.07) is 3.06. The summed E-state index contributed by atoms with van der Waals surface area (Å²) in [5, 5.41) is 0.355. The lowest BCUT2D eigenvalue weighted by molar-refractivity contribution is 0.255. The van der Waals surface area contributed by atoms with E-state index in [4.69, 9.17) is 22.1 Å². The van der Waals surface area contributed by atoms with Crippen LogP contribution >= 0.6 is 11.6 Å². The van der Waals surface area contributed by atoms with Gasteiger partial charge in [-0.15, -0.1) is 0 Å². The Morgan fingerprint density at radius 2 is 2.20 bits per heavy atom. The number of fused-ring (bicyclic) bond motifs is 1. The largest absolute Gasteiger partial charge is 0.489 e. The summed E-state index contributed by atoms with van der Waals surface area (Å²) in [7, 11) is -3.52. The maximum absolute atomic E-state index is 12.6.